The van der Waals surface area contributed by atoms with Crippen LogP contribution in [0, 0.1) is 0 Å². The van der Waals surface area contributed by atoms with Crippen LogP contribution in [-0.2, 0) is 27.4 Å². The maximum absolute atomic E-state index is 12.9. The third-order valence-electron chi connectivity index (χ3n) is 3.99. The molecular formula is C18H13ClF3N3O3S. The van der Waals surface area contributed by atoms with Crippen LogP contribution in [0.15, 0.2) is 53.6 Å². The zero-order valence-corrected chi connectivity index (χ0v) is 16.1. The summed E-state index contributed by atoms with van der Waals surface area (Å²) in [6, 6.07) is 9.58. The fourth-order valence-electron chi connectivity index (χ4n) is 2.71. The normalized spacial score (nSPS) is 12.2. The molecule has 3 rings (SSSR count). The topological polar surface area (TPSA) is 102 Å². The summed E-state index contributed by atoms with van der Waals surface area (Å²) in [5.74, 6) is -0.502. The summed E-state index contributed by atoms with van der Waals surface area (Å²) in [6.07, 6.45) is -3.98. The van der Waals surface area contributed by atoms with Crippen LogP contribution in [-0.4, -0.2) is 19.3 Å². The molecule has 0 aliphatic carbocycles. The fraction of sp³-hybridized carbons (Fsp3) is 0.111. The Morgan fingerprint density at radius 2 is 1.86 bits per heavy atom. The van der Waals surface area contributed by atoms with E-state index in [1.165, 1.54) is 6.07 Å². The molecular weight excluding hydrogens is 431 g/mol. The largest absolute Gasteiger partial charge is 0.433 e. The minimum absolute atomic E-state index is 0.0418. The quantitative estimate of drug-likeness (QED) is 0.641. The van der Waals surface area contributed by atoms with Gasteiger partial charge in [-0.1, -0.05) is 29.8 Å². The lowest BCUT2D eigenvalue weighted by Crippen LogP contribution is -2.17. The van der Waals surface area contributed by atoms with Crippen molar-refractivity contribution in [3.63, 3.8) is 0 Å². The Balaban J connectivity index is 2.01. The van der Waals surface area contributed by atoms with E-state index in [9.17, 15) is 26.4 Å². The Kier molecular flexibility index (Phi) is 5.52. The molecule has 11 heteroatoms. The van der Waals surface area contributed by atoms with E-state index >= 15 is 0 Å². The number of nitrogens with one attached hydrogen (secondary N) is 1. The van der Waals surface area contributed by atoms with Gasteiger partial charge in [0, 0.05) is 27.7 Å². The highest BCUT2D eigenvalue weighted by molar-refractivity contribution is 7.89. The van der Waals surface area contributed by atoms with Gasteiger partial charge in [0.15, 0.2) is 0 Å². The second-order valence-corrected chi connectivity index (χ2v) is 8.06. The first-order valence-electron chi connectivity index (χ1n) is 8.02. The number of sulfonamides is 1. The molecule has 0 atom stereocenters. The van der Waals surface area contributed by atoms with Crippen LogP contribution in [0.3, 0.4) is 0 Å². The number of carbonyl (C=O) groups excluding carboxylic acids is 1. The summed E-state index contributed by atoms with van der Waals surface area (Å²) in [7, 11) is -4.38. The highest BCUT2D eigenvalue weighted by Gasteiger charge is 2.33. The minimum atomic E-state index is -4.76. The number of amides is 1. The highest BCUT2D eigenvalue weighted by Crippen LogP contribution is 2.33. The van der Waals surface area contributed by atoms with Gasteiger partial charge < -0.3 is 5.32 Å². The molecule has 1 heterocycles. The van der Waals surface area contributed by atoms with Gasteiger partial charge in [-0.05, 0) is 29.8 Å². The third-order valence-corrected chi connectivity index (χ3v) is 5.31. The molecule has 3 N–H and O–H groups in total. The van der Waals surface area contributed by atoms with Gasteiger partial charge in [-0.25, -0.2) is 13.6 Å². The van der Waals surface area contributed by atoms with Crippen molar-refractivity contribution in [2.75, 3.05) is 5.32 Å². The van der Waals surface area contributed by atoms with Gasteiger partial charge >= 0.3 is 6.18 Å². The molecule has 0 aliphatic rings. The number of hydrogen-bond acceptors (Lipinski definition) is 4. The number of primary sulfonamides is 1. The van der Waals surface area contributed by atoms with Gasteiger partial charge in [0.05, 0.1) is 11.3 Å². The average molecular weight is 444 g/mol. The van der Waals surface area contributed by atoms with Crippen molar-refractivity contribution >= 4 is 44.0 Å². The van der Waals surface area contributed by atoms with Crippen molar-refractivity contribution in [2.24, 2.45) is 5.14 Å². The van der Waals surface area contributed by atoms with E-state index in [-0.39, 0.29) is 22.9 Å². The molecule has 0 saturated carbocycles. The van der Waals surface area contributed by atoms with Crippen LogP contribution in [0.2, 0.25) is 5.02 Å². The molecule has 2 aromatic carbocycles. The maximum Gasteiger partial charge on any atom is 0.433 e. The Hall–Kier alpha value is -2.69. The Morgan fingerprint density at radius 1 is 1.17 bits per heavy atom. The van der Waals surface area contributed by atoms with Crippen LogP contribution in [0.1, 0.15) is 11.3 Å². The number of nitrogens with zero attached hydrogens (tertiary/aromatic N) is 1. The molecule has 29 heavy (non-hydrogen) atoms. The molecule has 0 bridgehead atoms. The molecule has 0 unspecified atom stereocenters. The fourth-order valence-corrected chi connectivity index (χ4v) is 3.68. The molecule has 6 nitrogen and oxygen atoms in total. The molecule has 3 aromatic rings. The predicted octanol–water partition coefficient (Wildman–Crippen LogP) is 3.74. The Labute approximate surface area is 168 Å². The minimum Gasteiger partial charge on any atom is -0.326 e. The number of alkyl halides is 3. The van der Waals surface area contributed by atoms with Gasteiger partial charge in [-0.3, -0.25) is 9.78 Å². The number of carbonyl (C=O) groups is 1. The number of rotatable bonds is 4. The number of anilines is 1. The van der Waals surface area contributed by atoms with E-state index in [1.54, 1.807) is 24.3 Å². The van der Waals surface area contributed by atoms with Crippen molar-refractivity contribution in [2.45, 2.75) is 17.5 Å². The van der Waals surface area contributed by atoms with Gasteiger partial charge in [0.2, 0.25) is 15.9 Å². The van der Waals surface area contributed by atoms with Crippen LogP contribution in [0.4, 0.5) is 18.9 Å². The van der Waals surface area contributed by atoms with E-state index in [0.29, 0.717) is 16.7 Å². The van der Waals surface area contributed by atoms with Crippen LogP contribution >= 0.6 is 11.6 Å². The summed E-state index contributed by atoms with van der Waals surface area (Å²) >= 11 is 6.01. The summed E-state index contributed by atoms with van der Waals surface area (Å²) in [5.41, 5.74) is -0.666. The van der Waals surface area contributed by atoms with E-state index in [0.717, 1.165) is 12.3 Å². The van der Waals surface area contributed by atoms with E-state index in [4.69, 9.17) is 16.7 Å². The zero-order chi connectivity index (χ0) is 21.4. The summed E-state index contributed by atoms with van der Waals surface area (Å²) < 4.78 is 62.6. The second-order valence-electron chi connectivity index (χ2n) is 6.12. The van der Waals surface area contributed by atoms with Crippen molar-refractivity contribution in [1.29, 1.82) is 0 Å². The summed E-state index contributed by atoms with van der Waals surface area (Å²) in [6.45, 7) is 0. The smallest absolute Gasteiger partial charge is 0.326 e. The second kappa shape index (κ2) is 7.62. The third kappa shape index (κ3) is 4.84. The first kappa shape index (κ1) is 21.0. The van der Waals surface area contributed by atoms with Crippen LogP contribution in [0.25, 0.3) is 10.8 Å². The van der Waals surface area contributed by atoms with Crippen molar-refractivity contribution < 1.29 is 26.4 Å². The number of aromatic nitrogens is 1. The number of benzene rings is 2. The van der Waals surface area contributed by atoms with Crippen LogP contribution < -0.4 is 10.5 Å². The lowest BCUT2D eigenvalue weighted by atomic mass is 10.1. The first-order chi connectivity index (χ1) is 13.4. The van der Waals surface area contributed by atoms with Gasteiger partial charge in [0.25, 0.3) is 0 Å². The van der Waals surface area contributed by atoms with E-state index in [2.05, 4.69) is 10.3 Å². The number of fused-ring (bicyclic) bond motifs is 1. The summed E-state index contributed by atoms with van der Waals surface area (Å²) in [5, 5.41) is 7.87. The zero-order valence-electron chi connectivity index (χ0n) is 14.5. The van der Waals surface area contributed by atoms with E-state index in [1.807, 2.05) is 0 Å². The number of nitrogens with two attached hydrogens (primary N) is 1. The predicted molar refractivity (Wildman–Crippen MR) is 102 cm³/mol. The Bertz CT molecular complexity index is 1210. The lowest BCUT2D eigenvalue weighted by Gasteiger charge is -2.12. The molecule has 0 spiro atoms. The van der Waals surface area contributed by atoms with Gasteiger partial charge in [-0.15, -0.1) is 0 Å². The average Bonchev–Trinajstić information content (AvgIpc) is 2.61. The van der Waals surface area contributed by atoms with Gasteiger partial charge in [0.1, 0.15) is 5.69 Å². The van der Waals surface area contributed by atoms with Crippen LogP contribution in [0.5, 0.6) is 0 Å². The first-order valence-corrected chi connectivity index (χ1v) is 9.94. The monoisotopic (exact) mass is 443 g/mol. The molecule has 0 aliphatic heterocycles. The number of halogens is 4. The SMILES string of the molecule is NS(=O)(=O)c1cc(NC(=O)Cc2ccccc2Cl)cc2cnc(C(F)(F)F)cc12. The standard InChI is InChI=1S/C18H13ClF3N3O3S/c19-14-4-2-1-3-10(14)6-17(26)25-12-5-11-9-24-16(18(20,21)22)8-13(11)15(7-12)29(23,27)28/h1-5,7-9H,6H2,(H,25,26)(H2,23,27,28). The molecule has 1 amide bonds. The lowest BCUT2D eigenvalue weighted by molar-refractivity contribution is -0.141. The molecule has 1 aromatic heterocycles. The molecule has 0 saturated heterocycles. The molecule has 0 fully saturated rings. The van der Waals surface area contributed by atoms with Crippen molar-refractivity contribution in [3.8, 4) is 0 Å². The molecule has 0 radical (unpaired) electrons. The molecule has 152 valence electrons. The number of pyridine rings is 1. The summed E-state index contributed by atoms with van der Waals surface area (Å²) in [4.78, 5) is 15.1. The number of hydrogen-bond donors (Lipinski definition) is 2. The van der Waals surface area contributed by atoms with Crippen molar-refractivity contribution in [3.05, 3.63) is 64.9 Å². The van der Waals surface area contributed by atoms with Gasteiger partial charge in [-0.2, -0.15) is 13.2 Å². The Morgan fingerprint density at radius 3 is 2.48 bits per heavy atom. The highest BCUT2D eigenvalue weighted by atomic mass is 35.5. The maximum atomic E-state index is 12.9. The van der Waals surface area contributed by atoms with Crippen molar-refractivity contribution in [1.82, 2.24) is 4.98 Å². The van der Waals surface area contributed by atoms with E-state index < -0.39 is 32.7 Å².